The summed E-state index contributed by atoms with van der Waals surface area (Å²) in [4.78, 5) is 0. The average molecular weight is 228 g/mol. The summed E-state index contributed by atoms with van der Waals surface area (Å²) < 4.78 is 0. The first-order valence-electron chi connectivity index (χ1n) is 6.31. The highest BCUT2D eigenvalue weighted by Gasteiger charge is 2.12. The minimum absolute atomic E-state index is 0.554. The maximum absolute atomic E-state index is 4.36. The van der Waals surface area contributed by atoms with Gasteiger partial charge in [0, 0.05) is 5.39 Å². The molecule has 2 heteroatoms. The van der Waals surface area contributed by atoms with Crippen LogP contribution in [0.3, 0.4) is 0 Å². The van der Waals surface area contributed by atoms with Crippen LogP contribution in [0.15, 0.2) is 12.1 Å². The predicted octanol–water partition coefficient (Wildman–Crippen LogP) is 3.93. The molecule has 0 atom stereocenters. The molecular formula is C15H20N2. The van der Waals surface area contributed by atoms with Gasteiger partial charge in [-0.3, -0.25) is 0 Å². The van der Waals surface area contributed by atoms with Crippen LogP contribution in [0.2, 0.25) is 0 Å². The molecule has 17 heavy (non-hydrogen) atoms. The molecule has 0 aliphatic rings. The Morgan fingerprint density at radius 3 is 2.41 bits per heavy atom. The molecule has 0 bridgehead atoms. The van der Waals surface area contributed by atoms with Gasteiger partial charge in [0.25, 0.3) is 0 Å². The smallest absolute Gasteiger partial charge is 0.0964 e. The lowest BCUT2D eigenvalue weighted by Gasteiger charge is -2.15. The summed E-state index contributed by atoms with van der Waals surface area (Å²) in [5.41, 5.74) is 6.15. The van der Waals surface area contributed by atoms with Crippen molar-refractivity contribution >= 4 is 10.9 Å². The lowest BCUT2D eigenvalue weighted by molar-refractivity contribution is 0.854. The van der Waals surface area contributed by atoms with Gasteiger partial charge in [-0.25, -0.2) is 0 Å². The highest BCUT2D eigenvalue weighted by Crippen LogP contribution is 2.29. The van der Waals surface area contributed by atoms with E-state index in [0.29, 0.717) is 5.92 Å². The van der Waals surface area contributed by atoms with E-state index in [1.807, 2.05) is 6.92 Å². The topological polar surface area (TPSA) is 25.8 Å². The maximum Gasteiger partial charge on any atom is 0.0964 e. The number of hydrogen-bond acceptors (Lipinski definition) is 2. The normalized spacial score (nSPS) is 11.4. The molecule has 0 fully saturated rings. The molecule has 0 spiro atoms. The first kappa shape index (κ1) is 12.0. The Labute approximate surface area is 103 Å². The first-order valence-corrected chi connectivity index (χ1v) is 6.31. The zero-order valence-corrected chi connectivity index (χ0v) is 11.3. The van der Waals surface area contributed by atoms with Crippen LogP contribution in [0.5, 0.6) is 0 Å². The second-order valence-electron chi connectivity index (χ2n) is 5.01. The number of benzene rings is 1. The molecular weight excluding hydrogens is 208 g/mol. The second-order valence-corrected chi connectivity index (χ2v) is 5.01. The van der Waals surface area contributed by atoms with E-state index >= 15 is 0 Å². The zero-order chi connectivity index (χ0) is 12.6. The van der Waals surface area contributed by atoms with Crippen LogP contribution in [0.4, 0.5) is 0 Å². The van der Waals surface area contributed by atoms with Gasteiger partial charge in [0.1, 0.15) is 0 Å². The molecule has 0 amide bonds. The van der Waals surface area contributed by atoms with Crippen LogP contribution in [0.25, 0.3) is 10.9 Å². The van der Waals surface area contributed by atoms with Crippen molar-refractivity contribution < 1.29 is 0 Å². The van der Waals surface area contributed by atoms with Crippen molar-refractivity contribution in [2.45, 2.75) is 47.0 Å². The third-order valence-corrected chi connectivity index (χ3v) is 3.39. The van der Waals surface area contributed by atoms with Gasteiger partial charge in [-0.2, -0.15) is 5.10 Å². The number of rotatable bonds is 2. The van der Waals surface area contributed by atoms with Gasteiger partial charge in [-0.15, -0.1) is 5.10 Å². The molecule has 2 aromatic rings. The van der Waals surface area contributed by atoms with Gasteiger partial charge in [0.15, 0.2) is 0 Å². The number of nitrogens with zero attached hydrogens (tertiary/aromatic N) is 2. The van der Waals surface area contributed by atoms with Gasteiger partial charge in [-0.05, 0) is 48.9 Å². The Bertz CT molecular complexity index is 556. The van der Waals surface area contributed by atoms with Crippen molar-refractivity contribution in [3.63, 3.8) is 0 Å². The molecule has 0 radical (unpaired) electrons. The maximum atomic E-state index is 4.36. The molecule has 0 N–H and O–H groups in total. The predicted molar refractivity (Wildman–Crippen MR) is 72.5 cm³/mol. The molecule has 0 saturated carbocycles. The van der Waals surface area contributed by atoms with Gasteiger partial charge in [-0.1, -0.05) is 26.8 Å². The van der Waals surface area contributed by atoms with E-state index in [2.05, 4.69) is 50.0 Å². The molecule has 1 aromatic heterocycles. The van der Waals surface area contributed by atoms with E-state index in [-0.39, 0.29) is 0 Å². The van der Waals surface area contributed by atoms with Gasteiger partial charge in [0.2, 0.25) is 0 Å². The zero-order valence-electron chi connectivity index (χ0n) is 11.3. The van der Waals surface area contributed by atoms with Gasteiger partial charge < -0.3 is 0 Å². The van der Waals surface area contributed by atoms with E-state index in [1.165, 1.54) is 22.1 Å². The Hall–Kier alpha value is -1.44. The number of aryl methyl sites for hydroxylation is 3. The van der Waals surface area contributed by atoms with Crippen LogP contribution in [0.1, 0.15) is 49.1 Å². The molecule has 90 valence electrons. The monoisotopic (exact) mass is 228 g/mol. The quantitative estimate of drug-likeness (QED) is 0.778. The number of fused-ring (bicyclic) bond motifs is 1. The lowest BCUT2D eigenvalue weighted by atomic mass is 9.91. The molecule has 2 rings (SSSR count). The van der Waals surface area contributed by atoms with E-state index in [4.69, 9.17) is 0 Å². The average Bonchev–Trinajstić information content (AvgIpc) is 2.29. The SMILES string of the molecule is CCc1cc(C(C)C)c(C)c2cc(C)nnc12. The number of hydrogen-bond donors (Lipinski definition) is 0. The van der Waals surface area contributed by atoms with Crippen molar-refractivity contribution in [1.29, 1.82) is 0 Å². The summed E-state index contributed by atoms with van der Waals surface area (Å²) in [7, 11) is 0. The van der Waals surface area contributed by atoms with E-state index in [0.717, 1.165) is 17.6 Å². The Balaban J connectivity index is 2.85. The largest absolute Gasteiger partial charge is 0.155 e. The van der Waals surface area contributed by atoms with E-state index in [1.54, 1.807) is 0 Å². The molecule has 1 aromatic carbocycles. The molecule has 0 aliphatic heterocycles. The molecule has 1 heterocycles. The minimum Gasteiger partial charge on any atom is -0.155 e. The standard InChI is InChI=1S/C15H20N2/c1-6-12-8-13(9(2)3)11(5)14-7-10(4)16-17-15(12)14/h7-9H,6H2,1-5H3. The van der Waals surface area contributed by atoms with Crippen molar-refractivity contribution in [2.24, 2.45) is 0 Å². The van der Waals surface area contributed by atoms with Crippen LogP contribution < -0.4 is 0 Å². The summed E-state index contributed by atoms with van der Waals surface area (Å²) in [5, 5.41) is 9.81. The summed E-state index contributed by atoms with van der Waals surface area (Å²) in [6.45, 7) is 10.9. The highest BCUT2D eigenvalue weighted by molar-refractivity contribution is 5.86. The Morgan fingerprint density at radius 1 is 1.12 bits per heavy atom. The second kappa shape index (κ2) is 4.44. The molecule has 0 unspecified atom stereocenters. The summed E-state index contributed by atoms with van der Waals surface area (Å²) in [6.07, 6.45) is 1.01. The first-order chi connectivity index (χ1) is 8.04. The third-order valence-electron chi connectivity index (χ3n) is 3.39. The Kier molecular flexibility index (Phi) is 3.14. The van der Waals surface area contributed by atoms with Gasteiger partial charge >= 0.3 is 0 Å². The Morgan fingerprint density at radius 2 is 1.82 bits per heavy atom. The van der Waals surface area contributed by atoms with E-state index in [9.17, 15) is 0 Å². The van der Waals surface area contributed by atoms with Crippen molar-refractivity contribution in [3.8, 4) is 0 Å². The van der Waals surface area contributed by atoms with Crippen LogP contribution in [-0.2, 0) is 6.42 Å². The minimum atomic E-state index is 0.554. The molecule has 0 saturated heterocycles. The summed E-state index contributed by atoms with van der Waals surface area (Å²) in [5.74, 6) is 0.554. The fraction of sp³-hybridized carbons (Fsp3) is 0.467. The van der Waals surface area contributed by atoms with E-state index < -0.39 is 0 Å². The molecule has 0 aliphatic carbocycles. The fourth-order valence-corrected chi connectivity index (χ4v) is 2.40. The van der Waals surface area contributed by atoms with Crippen LogP contribution in [-0.4, -0.2) is 10.2 Å². The third kappa shape index (κ3) is 2.04. The fourth-order valence-electron chi connectivity index (χ4n) is 2.40. The highest BCUT2D eigenvalue weighted by atomic mass is 15.1. The lowest BCUT2D eigenvalue weighted by Crippen LogP contribution is -2.00. The van der Waals surface area contributed by atoms with Crippen LogP contribution >= 0.6 is 0 Å². The van der Waals surface area contributed by atoms with Crippen molar-refractivity contribution in [2.75, 3.05) is 0 Å². The van der Waals surface area contributed by atoms with Crippen LogP contribution in [0, 0.1) is 13.8 Å². The summed E-state index contributed by atoms with van der Waals surface area (Å²) in [6, 6.07) is 4.45. The van der Waals surface area contributed by atoms with Crippen molar-refractivity contribution in [3.05, 3.63) is 34.5 Å². The van der Waals surface area contributed by atoms with Gasteiger partial charge in [0.05, 0.1) is 11.2 Å². The van der Waals surface area contributed by atoms with Crippen molar-refractivity contribution in [1.82, 2.24) is 10.2 Å². The molecule has 2 nitrogen and oxygen atoms in total. The summed E-state index contributed by atoms with van der Waals surface area (Å²) >= 11 is 0. The number of aromatic nitrogens is 2.